The van der Waals surface area contributed by atoms with Gasteiger partial charge in [0.2, 0.25) is 0 Å². The molecule has 3 saturated heterocycles. The van der Waals surface area contributed by atoms with Crippen LogP contribution in [0.15, 0.2) is 44.9 Å². The van der Waals surface area contributed by atoms with Crippen molar-refractivity contribution in [2.24, 2.45) is 5.92 Å². The lowest BCUT2D eigenvalue weighted by Gasteiger charge is -2.49. The van der Waals surface area contributed by atoms with Crippen LogP contribution >= 0.6 is 11.8 Å². The molecule has 2 atom stereocenters. The average Bonchev–Trinajstić information content (AvgIpc) is 3.04. The van der Waals surface area contributed by atoms with E-state index in [2.05, 4.69) is 22.1 Å². The molecule has 0 aliphatic carbocycles. The van der Waals surface area contributed by atoms with Gasteiger partial charge in [0.05, 0.1) is 6.20 Å². The van der Waals surface area contributed by atoms with Crippen molar-refractivity contribution in [2.75, 3.05) is 13.1 Å². The summed E-state index contributed by atoms with van der Waals surface area (Å²) in [6.07, 6.45) is 4.11. The van der Waals surface area contributed by atoms with Gasteiger partial charge in [-0.15, -0.1) is 0 Å². The van der Waals surface area contributed by atoms with Crippen LogP contribution in [0.3, 0.4) is 0 Å². The van der Waals surface area contributed by atoms with Gasteiger partial charge in [0, 0.05) is 29.5 Å². The summed E-state index contributed by atoms with van der Waals surface area (Å²) < 4.78 is 5.47. The highest BCUT2D eigenvalue weighted by molar-refractivity contribution is 7.99. The number of aromatic nitrogens is 1. The van der Waals surface area contributed by atoms with E-state index in [9.17, 15) is 4.79 Å². The molecule has 5 nitrogen and oxygen atoms in total. The molecule has 0 saturated carbocycles. The number of hydrogen-bond donors (Lipinski definition) is 1. The van der Waals surface area contributed by atoms with E-state index in [1.165, 1.54) is 37.7 Å². The monoisotopic (exact) mass is 357 g/mol. The number of hydrogen-bond acceptors (Lipinski definition) is 5. The van der Waals surface area contributed by atoms with Crippen molar-refractivity contribution >= 4 is 17.7 Å². The van der Waals surface area contributed by atoms with E-state index >= 15 is 0 Å². The van der Waals surface area contributed by atoms with E-state index in [1.807, 2.05) is 31.2 Å². The highest BCUT2D eigenvalue weighted by Gasteiger charge is 2.40. The lowest BCUT2D eigenvalue weighted by molar-refractivity contribution is 0.0217. The number of oxazole rings is 1. The van der Waals surface area contributed by atoms with Gasteiger partial charge < -0.3 is 9.73 Å². The molecule has 1 amide bonds. The van der Waals surface area contributed by atoms with E-state index < -0.39 is 0 Å². The minimum absolute atomic E-state index is 0.0256. The zero-order valence-electron chi connectivity index (χ0n) is 14.6. The molecule has 4 heterocycles. The maximum atomic E-state index is 12.6. The Morgan fingerprint density at radius 2 is 2.00 bits per heavy atom. The van der Waals surface area contributed by atoms with Crippen LogP contribution < -0.4 is 5.32 Å². The largest absolute Gasteiger partial charge is 0.434 e. The Labute approximate surface area is 152 Å². The summed E-state index contributed by atoms with van der Waals surface area (Å²) in [6.45, 7) is 6.40. The number of nitrogens with zero attached hydrogens (tertiary/aromatic N) is 2. The van der Waals surface area contributed by atoms with Gasteiger partial charge in [0.25, 0.3) is 5.91 Å². The summed E-state index contributed by atoms with van der Waals surface area (Å²) in [5.74, 6) is 1.30. The van der Waals surface area contributed by atoms with E-state index in [-0.39, 0.29) is 11.9 Å². The molecule has 6 heteroatoms. The summed E-state index contributed by atoms with van der Waals surface area (Å²) in [7, 11) is 0. The van der Waals surface area contributed by atoms with Gasteiger partial charge in [-0.25, -0.2) is 4.98 Å². The van der Waals surface area contributed by atoms with Crippen molar-refractivity contribution in [1.82, 2.24) is 15.2 Å². The van der Waals surface area contributed by atoms with Crippen LogP contribution in [0.4, 0.5) is 0 Å². The molecule has 0 spiro atoms. The molecule has 3 fully saturated rings. The predicted octanol–water partition coefficient (Wildman–Crippen LogP) is 3.35. The van der Waals surface area contributed by atoms with Crippen LogP contribution in [-0.4, -0.2) is 41.0 Å². The first-order valence-electron chi connectivity index (χ1n) is 8.85. The maximum Gasteiger partial charge on any atom is 0.251 e. The Morgan fingerprint density at radius 1 is 1.28 bits per heavy atom. The van der Waals surface area contributed by atoms with Crippen LogP contribution in [0, 0.1) is 12.8 Å². The fraction of sp³-hybridized carbons (Fsp3) is 0.474. The third-order valence-corrected chi connectivity index (χ3v) is 6.31. The number of aryl methyl sites for hydroxylation is 1. The minimum Gasteiger partial charge on any atom is -0.434 e. The van der Waals surface area contributed by atoms with Gasteiger partial charge in [-0.2, -0.15) is 0 Å². The van der Waals surface area contributed by atoms with E-state index in [0.29, 0.717) is 23.4 Å². The highest BCUT2D eigenvalue weighted by Crippen LogP contribution is 2.32. The Bertz CT molecular complexity index is 748. The van der Waals surface area contributed by atoms with Gasteiger partial charge >= 0.3 is 0 Å². The number of benzene rings is 1. The Balaban J connectivity index is 1.40. The first-order valence-corrected chi connectivity index (χ1v) is 9.67. The van der Waals surface area contributed by atoms with Crippen LogP contribution in [0.1, 0.15) is 36.0 Å². The molecule has 2 bridgehead atoms. The molecule has 1 aromatic heterocycles. The maximum absolute atomic E-state index is 12.6. The first-order chi connectivity index (χ1) is 12.1. The topological polar surface area (TPSA) is 58.4 Å². The van der Waals surface area contributed by atoms with E-state index in [0.717, 1.165) is 9.99 Å². The second kappa shape index (κ2) is 6.84. The molecule has 2 aromatic rings. The molecule has 0 radical (unpaired) electrons. The molecular weight excluding hydrogens is 334 g/mol. The normalized spacial score (nSPS) is 28.1. The number of nitrogens with one attached hydrogen (secondary N) is 1. The van der Waals surface area contributed by atoms with Gasteiger partial charge in [-0.3, -0.25) is 9.69 Å². The van der Waals surface area contributed by atoms with Gasteiger partial charge in [-0.05, 0) is 63.0 Å². The molecule has 1 N–H and O–H groups in total. The lowest BCUT2D eigenvalue weighted by Crippen LogP contribution is -2.62. The Kier molecular flexibility index (Phi) is 4.56. The number of carbonyl (C=O) groups excluding carboxylic acids is 1. The van der Waals surface area contributed by atoms with Crippen molar-refractivity contribution in [3.8, 4) is 0 Å². The number of amides is 1. The second-order valence-corrected chi connectivity index (χ2v) is 8.02. The Morgan fingerprint density at radius 3 is 2.60 bits per heavy atom. The van der Waals surface area contributed by atoms with E-state index in [4.69, 9.17) is 4.42 Å². The quantitative estimate of drug-likeness (QED) is 0.909. The number of carbonyl (C=O) groups is 1. The van der Waals surface area contributed by atoms with Crippen LogP contribution in [-0.2, 0) is 0 Å². The predicted molar refractivity (Wildman–Crippen MR) is 96.8 cm³/mol. The molecule has 25 heavy (non-hydrogen) atoms. The molecule has 2 unspecified atom stereocenters. The fourth-order valence-electron chi connectivity index (χ4n) is 3.96. The number of rotatable bonds is 4. The van der Waals surface area contributed by atoms with Crippen LogP contribution in [0.25, 0.3) is 0 Å². The zero-order chi connectivity index (χ0) is 17.4. The third-order valence-electron chi connectivity index (χ3n) is 5.41. The van der Waals surface area contributed by atoms with Crippen LogP contribution in [0.2, 0.25) is 0 Å². The number of piperidine rings is 3. The summed E-state index contributed by atoms with van der Waals surface area (Å²) in [5, 5.41) is 4.03. The molecule has 3 aliphatic heterocycles. The van der Waals surface area contributed by atoms with Crippen molar-refractivity contribution in [1.29, 1.82) is 0 Å². The van der Waals surface area contributed by atoms with Gasteiger partial charge in [0.1, 0.15) is 0 Å². The fourth-order valence-corrected chi connectivity index (χ4v) is 4.73. The average molecular weight is 357 g/mol. The minimum atomic E-state index is 0.0256. The van der Waals surface area contributed by atoms with Crippen molar-refractivity contribution in [3.63, 3.8) is 0 Å². The van der Waals surface area contributed by atoms with Crippen molar-refractivity contribution in [2.45, 2.75) is 48.8 Å². The molecule has 132 valence electrons. The summed E-state index contributed by atoms with van der Waals surface area (Å²) in [4.78, 5) is 20.3. The second-order valence-electron chi connectivity index (χ2n) is 6.94. The van der Waals surface area contributed by atoms with Gasteiger partial charge in [-0.1, -0.05) is 11.8 Å². The molecule has 1 aromatic carbocycles. The van der Waals surface area contributed by atoms with Crippen molar-refractivity contribution in [3.05, 3.63) is 41.9 Å². The van der Waals surface area contributed by atoms with Gasteiger partial charge in [0.15, 0.2) is 11.0 Å². The number of fused-ring (bicyclic) bond motifs is 3. The van der Waals surface area contributed by atoms with Crippen molar-refractivity contribution < 1.29 is 9.21 Å². The first kappa shape index (κ1) is 16.7. The van der Waals surface area contributed by atoms with Crippen LogP contribution in [0.5, 0.6) is 0 Å². The smallest absolute Gasteiger partial charge is 0.251 e. The standard InChI is InChI=1S/C19H23N3O2S/c1-12-18(14-7-9-22(12)10-8-14)21-19(23)15-3-5-16(6-4-15)25-17-11-20-13(2)24-17/h3-6,11-12,14,18H,7-10H2,1-2H3,(H,21,23). The summed E-state index contributed by atoms with van der Waals surface area (Å²) >= 11 is 1.51. The Hall–Kier alpha value is -1.79. The molecule has 3 aliphatic rings. The van der Waals surface area contributed by atoms with E-state index in [1.54, 1.807) is 6.20 Å². The summed E-state index contributed by atoms with van der Waals surface area (Å²) in [6, 6.07) is 8.37. The zero-order valence-corrected chi connectivity index (χ0v) is 15.4. The lowest BCUT2D eigenvalue weighted by atomic mass is 9.79. The molecule has 5 rings (SSSR count). The third kappa shape index (κ3) is 3.46. The SMILES string of the molecule is Cc1ncc(Sc2ccc(C(=O)NC3C4CCN(CC4)C3C)cc2)o1. The summed E-state index contributed by atoms with van der Waals surface area (Å²) in [5.41, 5.74) is 0.710. The molecular formula is C19H23N3O2S. The highest BCUT2D eigenvalue weighted by atomic mass is 32.2.